The van der Waals surface area contributed by atoms with Gasteiger partial charge in [0, 0.05) is 38.2 Å². The van der Waals surface area contributed by atoms with E-state index in [-0.39, 0.29) is 29.6 Å². The van der Waals surface area contributed by atoms with Gasteiger partial charge in [-0.05, 0) is 43.2 Å². The first-order valence-corrected chi connectivity index (χ1v) is 12.0. The van der Waals surface area contributed by atoms with Crippen LogP contribution in [0.15, 0.2) is 52.4 Å². The third kappa shape index (κ3) is 4.20. The largest absolute Gasteiger partial charge is 0.319 e. The van der Waals surface area contributed by atoms with Crippen LogP contribution in [0.2, 0.25) is 0 Å². The smallest absolute Gasteiger partial charge is 0.270 e. The molecule has 2 aromatic carbocycles. The molecule has 1 aliphatic rings. The maximum absolute atomic E-state index is 13.1. The lowest BCUT2D eigenvalue weighted by Crippen LogP contribution is -2.40. The lowest BCUT2D eigenvalue weighted by molar-refractivity contribution is -0.384. The summed E-state index contributed by atoms with van der Waals surface area (Å²) in [6, 6.07) is 9.11. The van der Waals surface area contributed by atoms with E-state index in [9.17, 15) is 27.7 Å². The number of piperidine rings is 1. The van der Waals surface area contributed by atoms with Crippen molar-refractivity contribution in [3.63, 3.8) is 0 Å². The number of non-ortho nitro benzene ring substituents is 1. The number of aromatic nitrogens is 1. The topological polar surface area (TPSA) is 115 Å². The number of nitro benzene ring substituents is 1. The first-order chi connectivity index (χ1) is 15.2. The van der Waals surface area contributed by atoms with E-state index in [1.54, 1.807) is 17.7 Å². The number of amides is 1. The van der Waals surface area contributed by atoms with Gasteiger partial charge in [0.2, 0.25) is 10.0 Å². The minimum Gasteiger partial charge on any atom is -0.319 e. The van der Waals surface area contributed by atoms with Gasteiger partial charge in [-0.2, -0.15) is 9.30 Å². The molecule has 2 heterocycles. The zero-order valence-electron chi connectivity index (χ0n) is 17.0. The van der Waals surface area contributed by atoms with Crippen LogP contribution in [0.3, 0.4) is 0 Å². The van der Waals surface area contributed by atoms with Gasteiger partial charge in [0.15, 0.2) is 4.80 Å². The Morgan fingerprint density at radius 3 is 2.47 bits per heavy atom. The van der Waals surface area contributed by atoms with Gasteiger partial charge in [-0.1, -0.05) is 11.3 Å². The Labute approximate surface area is 186 Å². The number of rotatable bonds is 4. The molecule has 32 heavy (non-hydrogen) atoms. The summed E-state index contributed by atoms with van der Waals surface area (Å²) in [5.74, 6) is -1.28. The van der Waals surface area contributed by atoms with Crippen LogP contribution in [-0.2, 0) is 21.9 Å². The molecule has 9 nitrogen and oxygen atoms in total. The summed E-state index contributed by atoms with van der Waals surface area (Å²) in [4.78, 5) is 27.9. The van der Waals surface area contributed by atoms with Crippen LogP contribution in [0, 0.1) is 21.8 Å². The number of nitro groups is 1. The van der Waals surface area contributed by atoms with Crippen molar-refractivity contribution in [1.82, 2.24) is 8.87 Å². The third-order valence-electron chi connectivity index (χ3n) is 5.46. The molecule has 0 saturated carbocycles. The maximum atomic E-state index is 13.1. The summed E-state index contributed by atoms with van der Waals surface area (Å²) in [5, 5.41) is 11.0. The van der Waals surface area contributed by atoms with Crippen LogP contribution in [0.1, 0.15) is 12.8 Å². The first kappa shape index (κ1) is 22.2. The second-order valence-corrected chi connectivity index (χ2v) is 10.4. The Bertz CT molecular complexity index is 1370. The first-order valence-electron chi connectivity index (χ1n) is 9.75. The molecule has 1 saturated heterocycles. The summed E-state index contributed by atoms with van der Waals surface area (Å²) >= 11 is 1.19. The van der Waals surface area contributed by atoms with E-state index in [0.29, 0.717) is 22.3 Å². The van der Waals surface area contributed by atoms with Gasteiger partial charge < -0.3 is 4.57 Å². The number of sulfonamides is 1. The SMILES string of the molecule is Cn1c(=NC(=O)C2CCN(S(=O)(=O)c3ccc(F)cc3)CC2)sc2cc([N+](=O)[O-])ccc21. The van der Waals surface area contributed by atoms with Crippen molar-refractivity contribution in [2.75, 3.05) is 13.1 Å². The van der Waals surface area contributed by atoms with Gasteiger partial charge in [0.05, 0.1) is 20.0 Å². The molecule has 1 fully saturated rings. The molecule has 1 amide bonds. The van der Waals surface area contributed by atoms with Crippen LogP contribution in [0.25, 0.3) is 10.2 Å². The van der Waals surface area contributed by atoms with E-state index >= 15 is 0 Å². The number of benzene rings is 2. The molecule has 4 rings (SSSR count). The Balaban J connectivity index is 1.50. The molecule has 0 bridgehead atoms. The minimum atomic E-state index is -3.75. The Morgan fingerprint density at radius 1 is 1.19 bits per heavy atom. The van der Waals surface area contributed by atoms with Gasteiger partial charge in [0.1, 0.15) is 5.82 Å². The number of carbonyl (C=O) groups is 1. The molecular formula is C20H19FN4O5S2. The van der Waals surface area contributed by atoms with Crippen LogP contribution in [-0.4, -0.2) is 41.2 Å². The van der Waals surface area contributed by atoms with Gasteiger partial charge >= 0.3 is 0 Å². The fourth-order valence-corrected chi connectivity index (χ4v) is 6.15. The highest BCUT2D eigenvalue weighted by Gasteiger charge is 2.32. The molecule has 3 aromatic rings. The zero-order chi connectivity index (χ0) is 23.0. The molecule has 0 spiro atoms. The summed E-state index contributed by atoms with van der Waals surface area (Å²) in [5.41, 5.74) is 0.694. The highest BCUT2D eigenvalue weighted by Crippen LogP contribution is 2.26. The lowest BCUT2D eigenvalue weighted by atomic mass is 9.98. The van der Waals surface area contributed by atoms with E-state index in [1.165, 1.54) is 39.9 Å². The molecular weight excluding hydrogens is 459 g/mol. The second kappa shape index (κ2) is 8.52. The van der Waals surface area contributed by atoms with Gasteiger partial charge in [-0.15, -0.1) is 0 Å². The van der Waals surface area contributed by atoms with Crippen molar-refractivity contribution >= 4 is 43.2 Å². The molecule has 0 atom stereocenters. The van der Waals surface area contributed by atoms with Crippen molar-refractivity contribution in [3.05, 3.63) is 63.2 Å². The maximum Gasteiger partial charge on any atom is 0.270 e. The Kier molecular flexibility index (Phi) is 5.93. The van der Waals surface area contributed by atoms with Crippen molar-refractivity contribution in [2.24, 2.45) is 18.0 Å². The van der Waals surface area contributed by atoms with E-state index in [1.807, 2.05) is 0 Å². The predicted octanol–water partition coefficient (Wildman–Crippen LogP) is 2.82. The van der Waals surface area contributed by atoms with Crippen LogP contribution in [0.5, 0.6) is 0 Å². The molecule has 12 heteroatoms. The molecule has 1 aliphatic heterocycles. The third-order valence-corrected chi connectivity index (χ3v) is 8.47. The molecule has 0 N–H and O–H groups in total. The lowest BCUT2D eigenvalue weighted by Gasteiger charge is -2.29. The standard InChI is InChI=1S/C20H19FN4O5S2/c1-23-17-7-4-15(25(27)28)12-18(17)31-20(23)22-19(26)13-8-10-24(11-9-13)32(29,30)16-5-2-14(21)3-6-16/h2-7,12-13H,8-11H2,1H3. The van der Waals surface area contributed by atoms with Crippen LogP contribution in [0.4, 0.5) is 10.1 Å². The van der Waals surface area contributed by atoms with E-state index in [2.05, 4.69) is 4.99 Å². The molecule has 0 radical (unpaired) electrons. The fourth-order valence-electron chi connectivity index (χ4n) is 3.63. The Hall–Kier alpha value is -2.96. The number of aryl methyl sites for hydroxylation is 1. The normalized spacial score (nSPS) is 16.5. The van der Waals surface area contributed by atoms with Crippen LogP contribution >= 0.6 is 11.3 Å². The average molecular weight is 479 g/mol. The number of nitrogens with zero attached hydrogens (tertiary/aromatic N) is 4. The van der Waals surface area contributed by atoms with Crippen molar-refractivity contribution in [3.8, 4) is 0 Å². The number of hydrogen-bond donors (Lipinski definition) is 0. The summed E-state index contributed by atoms with van der Waals surface area (Å²) in [7, 11) is -2.02. The number of fused-ring (bicyclic) bond motifs is 1. The van der Waals surface area contributed by atoms with Crippen molar-refractivity contribution < 1.29 is 22.5 Å². The summed E-state index contributed by atoms with van der Waals surface area (Å²) in [6.45, 7) is 0.326. The highest BCUT2D eigenvalue weighted by molar-refractivity contribution is 7.89. The minimum absolute atomic E-state index is 0.0137. The Morgan fingerprint density at radius 2 is 1.84 bits per heavy atom. The van der Waals surface area contributed by atoms with Gasteiger partial charge in [0.25, 0.3) is 11.6 Å². The average Bonchev–Trinajstić information content (AvgIpc) is 3.08. The van der Waals surface area contributed by atoms with Crippen molar-refractivity contribution in [2.45, 2.75) is 17.7 Å². The molecule has 0 unspecified atom stereocenters. The number of halogens is 1. The highest BCUT2D eigenvalue weighted by atomic mass is 32.2. The summed E-state index contributed by atoms with van der Waals surface area (Å²) < 4.78 is 42.2. The number of carbonyl (C=O) groups excluding carboxylic acids is 1. The quantitative estimate of drug-likeness (QED) is 0.422. The van der Waals surface area contributed by atoms with Gasteiger partial charge in [-0.25, -0.2) is 12.8 Å². The van der Waals surface area contributed by atoms with Gasteiger partial charge in [-0.3, -0.25) is 14.9 Å². The predicted molar refractivity (Wildman–Crippen MR) is 116 cm³/mol. The molecule has 0 aliphatic carbocycles. The number of thiazole rings is 1. The fraction of sp³-hybridized carbons (Fsp3) is 0.300. The second-order valence-electron chi connectivity index (χ2n) is 7.44. The number of hydrogen-bond acceptors (Lipinski definition) is 6. The molecule has 1 aromatic heterocycles. The van der Waals surface area contributed by atoms with E-state index < -0.39 is 26.7 Å². The van der Waals surface area contributed by atoms with Crippen LogP contribution < -0.4 is 4.80 Å². The zero-order valence-corrected chi connectivity index (χ0v) is 18.6. The van der Waals surface area contributed by atoms with E-state index in [4.69, 9.17) is 0 Å². The summed E-state index contributed by atoms with van der Waals surface area (Å²) in [6.07, 6.45) is 0.645. The van der Waals surface area contributed by atoms with E-state index in [0.717, 1.165) is 17.6 Å². The van der Waals surface area contributed by atoms with Crippen molar-refractivity contribution in [1.29, 1.82) is 0 Å². The molecule has 168 valence electrons. The monoisotopic (exact) mass is 478 g/mol.